The van der Waals surface area contributed by atoms with Crippen molar-refractivity contribution in [1.82, 2.24) is 24.3 Å². The van der Waals surface area contributed by atoms with Crippen LogP contribution in [0.4, 0.5) is 9.18 Å². The minimum atomic E-state index is -1.34. The van der Waals surface area contributed by atoms with Gasteiger partial charge in [0.2, 0.25) is 5.91 Å². The van der Waals surface area contributed by atoms with Crippen LogP contribution in [0.15, 0.2) is 47.5 Å². The van der Waals surface area contributed by atoms with E-state index in [1.54, 1.807) is 38.5 Å². The van der Waals surface area contributed by atoms with Gasteiger partial charge in [0, 0.05) is 58.2 Å². The van der Waals surface area contributed by atoms with Gasteiger partial charge in [0.15, 0.2) is 5.78 Å². The van der Waals surface area contributed by atoms with Gasteiger partial charge >= 0.3 is 6.09 Å². The largest absolute Gasteiger partial charge is 0.453 e. The first-order chi connectivity index (χ1) is 23.3. The van der Waals surface area contributed by atoms with Gasteiger partial charge in [-0.05, 0) is 49.4 Å². The summed E-state index contributed by atoms with van der Waals surface area (Å²) in [6.07, 6.45) is 9.52. The summed E-state index contributed by atoms with van der Waals surface area (Å²) in [5.41, 5.74) is 2.64. The van der Waals surface area contributed by atoms with E-state index in [9.17, 15) is 19.2 Å². The van der Waals surface area contributed by atoms with Gasteiger partial charge < -0.3 is 28.8 Å². The molecule has 0 aliphatic heterocycles. The number of aromatic nitrogens is 3. The van der Waals surface area contributed by atoms with Crippen LogP contribution in [0.3, 0.4) is 0 Å². The number of pyridine rings is 2. The molecule has 11 nitrogen and oxygen atoms in total. The molecule has 0 bridgehead atoms. The standard InChI is InChI=1S/C36H50FN5O6Si/c1-40(2)33(44)15-8-7-14-30(39-36(46)47-3)32(43)20-26-13-10-16-41(35(26)45)23-27-21-31-34(42(27)24-48-17-18-49(4,5)6)28(29(37)22-38-31)19-25-11-9-12-25/h8,10,13,15-16,21-22,25,30H,7,9,11-12,14,17-20,23-24H2,1-6H3,(H,39,46)/b15-8+/t30-/m0/s1. The van der Waals surface area contributed by atoms with Gasteiger partial charge in [0.1, 0.15) is 12.5 Å². The monoisotopic (exact) mass is 695 g/mol. The van der Waals surface area contributed by atoms with Gasteiger partial charge in [-0.25, -0.2) is 9.18 Å². The SMILES string of the molecule is COC(=O)N[C@@H](CC/C=C/C(=O)N(C)C)C(=O)Cc1cccn(Cc2cc3ncc(F)c(CC4CCC4)c3n2COCC[Si](C)(C)C)c1=O. The van der Waals surface area contributed by atoms with Crippen molar-refractivity contribution in [3.63, 3.8) is 0 Å². The molecule has 1 aliphatic carbocycles. The number of rotatable bonds is 17. The first-order valence-corrected chi connectivity index (χ1v) is 20.6. The summed E-state index contributed by atoms with van der Waals surface area (Å²) in [5, 5.41) is 2.56. The molecule has 2 amide bonds. The smallest absolute Gasteiger partial charge is 0.407 e. The molecule has 1 saturated carbocycles. The van der Waals surface area contributed by atoms with Gasteiger partial charge in [0.25, 0.3) is 5.56 Å². The number of alkyl carbamates (subject to hydrolysis) is 1. The van der Waals surface area contributed by atoms with Gasteiger partial charge in [-0.1, -0.05) is 51.0 Å². The fourth-order valence-electron chi connectivity index (χ4n) is 5.75. The molecule has 0 unspecified atom stereocenters. The van der Waals surface area contributed by atoms with Crippen molar-refractivity contribution in [2.75, 3.05) is 27.8 Å². The van der Waals surface area contributed by atoms with Crippen molar-refractivity contribution in [2.45, 2.75) is 89.9 Å². The molecule has 1 fully saturated rings. The molecule has 3 aromatic rings. The highest BCUT2D eigenvalue weighted by molar-refractivity contribution is 6.76. The number of ketones is 1. The Balaban J connectivity index is 1.59. The van der Waals surface area contributed by atoms with E-state index < -0.39 is 20.2 Å². The summed E-state index contributed by atoms with van der Waals surface area (Å²) in [5.74, 6) is -0.454. The van der Waals surface area contributed by atoms with Gasteiger partial charge in [-0.3, -0.25) is 19.4 Å². The Morgan fingerprint density at radius 1 is 1.22 bits per heavy atom. The summed E-state index contributed by atoms with van der Waals surface area (Å²) >= 11 is 0. The van der Waals surface area contributed by atoms with Crippen LogP contribution in [-0.4, -0.2) is 78.7 Å². The molecule has 1 atom stereocenters. The quantitative estimate of drug-likeness (QED) is 0.115. The second-order valence-corrected chi connectivity index (χ2v) is 19.9. The maximum absolute atomic E-state index is 15.3. The highest BCUT2D eigenvalue weighted by Gasteiger charge is 2.25. The Labute approximate surface area is 288 Å². The second-order valence-electron chi connectivity index (χ2n) is 14.2. The fourth-order valence-corrected chi connectivity index (χ4v) is 6.51. The fraction of sp³-hybridized carbons (Fsp3) is 0.528. The number of allylic oxidation sites excluding steroid dienone is 1. The highest BCUT2D eigenvalue weighted by atomic mass is 28.3. The Morgan fingerprint density at radius 3 is 2.63 bits per heavy atom. The van der Waals surface area contributed by atoms with Crippen LogP contribution in [0, 0.1) is 11.7 Å². The number of methoxy groups -OCH3 is 1. The van der Waals surface area contributed by atoms with E-state index in [1.807, 2.05) is 10.6 Å². The molecule has 3 heterocycles. The van der Waals surface area contributed by atoms with Crippen molar-refractivity contribution in [3.05, 3.63) is 75.7 Å². The topological polar surface area (TPSA) is 125 Å². The average molecular weight is 696 g/mol. The molecular weight excluding hydrogens is 646 g/mol. The van der Waals surface area contributed by atoms with Gasteiger partial charge in [-0.2, -0.15) is 0 Å². The number of fused-ring (bicyclic) bond motifs is 1. The van der Waals surface area contributed by atoms with Crippen LogP contribution in [0.1, 0.15) is 48.9 Å². The van der Waals surface area contributed by atoms with Crippen LogP contribution >= 0.6 is 0 Å². The van der Waals surface area contributed by atoms with Crippen molar-refractivity contribution in [3.8, 4) is 0 Å². The number of halogens is 1. The maximum Gasteiger partial charge on any atom is 0.407 e. The van der Waals surface area contributed by atoms with Gasteiger partial charge in [-0.15, -0.1) is 0 Å². The number of amides is 2. The lowest BCUT2D eigenvalue weighted by molar-refractivity contribution is -0.123. The summed E-state index contributed by atoms with van der Waals surface area (Å²) < 4.78 is 29.7. The third-order valence-electron chi connectivity index (χ3n) is 8.97. The van der Waals surface area contributed by atoms with Crippen molar-refractivity contribution < 1.29 is 28.2 Å². The predicted molar refractivity (Wildman–Crippen MR) is 190 cm³/mol. The average Bonchev–Trinajstić information content (AvgIpc) is 3.37. The van der Waals surface area contributed by atoms with E-state index in [0.717, 1.165) is 31.0 Å². The molecule has 0 radical (unpaired) electrons. The van der Waals surface area contributed by atoms with E-state index in [-0.39, 0.29) is 54.7 Å². The van der Waals surface area contributed by atoms with Crippen LogP contribution < -0.4 is 10.9 Å². The minimum Gasteiger partial charge on any atom is -0.453 e. The Bertz CT molecular complexity index is 1720. The number of carbonyl (C=O) groups is 3. The lowest BCUT2D eigenvalue weighted by Gasteiger charge is -2.26. The zero-order valence-electron chi connectivity index (χ0n) is 29.6. The minimum absolute atomic E-state index is 0.160. The number of nitrogens with one attached hydrogen (secondary N) is 1. The number of nitrogens with zero attached hydrogens (tertiary/aromatic N) is 4. The number of Topliss-reactive ketones (excluding diaryl/α,β-unsaturated/α-hetero) is 1. The Hall–Kier alpha value is -4.10. The Morgan fingerprint density at radius 2 is 1.98 bits per heavy atom. The van der Waals surface area contributed by atoms with Crippen LogP contribution in [-0.2, 0) is 45.2 Å². The molecular formula is C36H50FN5O6Si. The zero-order valence-corrected chi connectivity index (χ0v) is 30.6. The number of hydrogen-bond acceptors (Lipinski definition) is 7. The molecule has 4 rings (SSSR count). The predicted octanol–water partition coefficient (Wildman–Crippen LogP) is 5.30. The summed E-state index contributed by atoms with van der Waals surface area (Å²) in [6, 6.07) is 5.25. The highest BCUT2D eigenvalue weighted by Crippen LogP contribution is 2.34. The van der Waals surface area contributed by atoms with Crippen molar-refractivity contribution >= 4 is 36.9 Å². The number of ether oxygens (including phenoxy) is 2. The molecule has 0 saturated heterocycles. The molecule has 0 aromatic carbocycles. The van der Waals surface area contributed by atoms with Gasteiger partial charge in [0.05, 0.1) is 36.9 Å². The van der Waals surface area contributed by atoms with E-state index >= 15 is 4.39 Å². The van der Waals surface area contributed by atoms with E-state index in [1.165, 1.54) is 28.8 Å². The van der Waals surface area contributed by atoms with Crippen LogP contribution in [0.25, 0.3) is 11.0 Å². The second kappa shape index (κ2) is 17.0. The first-order valence-electron chi connectivity index (χ1n) is 16.9. The normalized spacial score (nSPS) is 14.2. The number of hydrogen-bond donors (Lipinski definition) is 1. The lowest BCUT2D eigenvalue weighted by atomic mass is 9.81. The molecule has 0 spiro atoms. The first kappa shape index (κ1) is 37.7. The molecule has 3 aromatic heterocycles. The summed E-state index contributed by atoms with van der Waals surface area (Å²) in [7, 11) is 3.14. The number of likely N-dealkylation sites (N-methyl/N-ethyl adjacent to an activating group) is 1. The van der Waals surface area contributed by atoms with E-state index in [0.29, 0.717) is 42.0 Å². The molecule has 1 aliphatic rings. The third kappa shape index (κ3) is 10.4. The summed E-state index contributed by atoms with van der Waals surface area (Å²) in [4.78, 5) is 56.9. The summed E-state index contributed by atoms with van der Waals surface area (Å²) in [6.45, 7) is 7.79. The van der Waals surface area contributed by atoms with E-state index in [4.69, 9.17) is 9.47 Å². The number of carbonyl (C=O) groups excluding carboxylic acids is 3. The van der Waals surface area contributed by atoms with Crippen molar-refractivity contribution in [2.24, 2.45) is 5.92 Å². The zero-order chi connectivity index (χ0) is 35.7. The molecule has 266 valence electrons. The van der Waals surface area contributed by atoms with Crippen LogP contribution in [0.5, 0.6) is 0 Å². The third-order valence-corrected chi connectivity index (χ3v) is 10.7. The lowest BCUT2D eigenvalue weighted by Crippen LogP contribution is -2.42. The molecule has 13 heteroatoms. The Kier molecular flexibility index (Phi) is 13.1. The van der Waals surface area contributed by atoms with E-state index in [2.05, 4.69) is 29.9 Å². The van der Waals surface area contributed by atoms with Crippen molar-refractivity contribution in [1.29, 1.82) is 0 Å². The molecule has 49 heavy (non-hydrogen) atoms. The maximum atomic E-state index is 15.3. The molecule has 1 N–H and O–H groups in total. The van der Waals surface area contributed by atoms with Crippen LogP contribution in [0.2, 0.25) is 25.7 Å².